The Morgan fingerprint density at radius 3 is 1.67 bits per heavy atom. The average molecular weight is 256 g/mol. The first-order chi connectivity index (χ1) is 8.51. The van der Waals surface area contributed by atoms with Gasteiger partial charge in [0.1, 0.15) is 0 Å². The average Bonchev–Trinajstić information content (AvgIpc) is 2.30. The molecule has 104 valence electrons. The molecule has 4 unspecified atom stereocenters. The molecule has 0 aromatic rings. The van der Waals surface area contributed by atoms with E-state index >= 15 is 0 Å². The van der Waals surface area contributed by atoms with Crippen molar-refractivity contribution in [3.63, 3.8) is 0 Å². The number of carboxylic acids is 2. The lowest BCUT2D eigenvalue weighted by molar-refractivity contribution is -0.146. The number of rotatable bonds is 6. The normalized spacial score (nSPS) is 27.4. The molecule has 0 aliphatic heterocycles. The van der Waals surface area contributed by atoms with Crippen molar-refractivity contribution in [1.82, 2.24) is 0 Å². The predicted octanol–water partition coefficient (Wildman–Crippen LogP) is 3.01. The Labute approximate surface area is 108 Å². The zero-order valence-electron chi connectivity index (χ0n) is 11.3. The summed E-state index contributed by atoms with van der Waals surface area (Å²) in [5.41, 5.74) is 0. The van der Waals surface area contributed by atoms with Gasteiger partial charge in [0.2, 0.25) is 0 Å². The van der Waals surface area contributed by atoms with Crippen molar-refractivity contribution < 1.29 is 19.8 Å². The van der Waals surface area contributed by atoms with Crippen molar-refractivity contribution in [2.24, 2.45) is 23.7 Å². The molecule has 4 nitrogen and oxygen atoms in total. The molecule has 1 saturated carbocycles. The van der Waals surface area contributed by atoms with Crippen molar-refractivity contribution in [3.8, 4) is 0 Å². The van der Waals surface area contributed by atoms with Gasteiger partial charge in [0.25, 0.3) is 0 Å². The van der Waals surface area contributed by atoms with E-state index in [2.05, 4.69) is 0 Å². The maximum absolute atomic E-state index is 11.2. The first kappa shape index (κ1) is 15.0. The van der Waals surface area contributed by atoms with Gasteiger partial charge in [-0.05, 0) is 43.9 Å². The monoisotopic (exact) mass is 256 g/mol. The lowest BCUT2D eigenvalue weighted by atomic mass is 9.70. The summed E-state index contributed by atoms with van der Waals surface area (Å²) in [7, 11) is 0. The quantitative estimate of drug-likeness (QED) is 0.766. The van der Waals surface area contributed by atoms with Crippen LogP contribution in [0.25, 0.3) is 0 Å². The SMILES string of the molecule is CCC(C(=O)O)C1CCCC(C(CC)C(=O)O)C1. The summed E-state index contributed by atoms with van der Waals surface area (Å²) in [6.45, 7) is 3.80. The second-order valence-corrected chi connectivity index (χ2v) is 5.39. The Hall–Kier alpha value is -1.06. The third-order valence-corrected chi connectivity index (χ3v) is 4.41. The summed E-state index contributed by atoms with van der Waals surface area (Å²) in [4.78, 5) is 22.4. The van der Waals surface area contributed by atoms with E-state index in [4.69, 9.17) is 0 Å². The summed E-state index contributed by atoms with van der Waals surface area (Å²) >= 11 is 0. The van der Waals surface area contributed by atoms with E-state index < -0.39 is 11.9 Å². The summed E-state index contributed by atoms with van der Waals surface area (Å²) in [5.74, 6) is -1.77. The van der Waals surface area contributed by atoms with Gasteiger partial charge in [0, 0.05) is 0 Å². The molecule has 1 aliphatic carbocycles. The number of carbonyl (C=O) groups is 2. The molecule has 0 spiro atoms. The molecule has 0 radical (unpaired) electrons. The third-order valence-electron chi connectivity index (χ3n) is 4.41. The van der Waals surface area contributed by atoms with E-state index in [0.717, 1.165) is 25.7 Å². The van der Waals surface area contributed by atoms with E-state index in [1.807, 2.05) is 13.8 Å². The van der Waals surface area contributed by atoms with Gasteiger partial charge in [-0.2, -0.15) is 0 Å². The highest BCUT2D eigenvalue weighted by Gasteiger charge is 2.36. The van der Waals surface area contributed by atoms with Crippen molar-refractivity contribution >= 4 is 11.9 Å². The second-order valence-electron chi connectivity index (χ2n) is 5.39. The molecule has 0 aromatic heterocycles. The van der Waals surface area contributed by atoms with Crippen LogP contribution in [-0.4, -0.2) is 22.2 Å². The number of hydrogen-bond acceptors (Lipinski definition) is 2. The van der Waals surface area contributed by atoms with Gasteiger partial charge < -0.3 is 10.2 Å². The van der Waals surface area contributed by atoms with E-state index in [1.54, 1.807) is 0 Å². The minimum absolute atomic E-state index is 0.152. The van der Waals surface area contributed by atoms with Gasteiger partial charge in [0.15, 0.2) is 0 Å². The van der Waals surface area contributed by atoms with Gasteiger partial charge in [-0.25, -0.2) is 0 Å². The summed E-state index contributed by atoms with van der Waals surface area (Å²) in [5, 5.41) is 18.4. The van der Waals surface area contributed by atoms with Crippen molar-refractivity contribution in [2.45, 2.75) is 52.4 Å². The first-order valence-corrected chi connectivity index (χ1v) is 6.96. The molecule has 0 aromatic carbocycles. The standard InChI is InChI=1S/C14H24O4/c1-3-11(13(15)16)9-6-5-7-10(8-9)12(4-2)14(17)18/h9-12H,3-8H2,1-2H3,(H,15,16)(H,17,18). The zero-order chi connectivity index (χ0) is 13.7. The Morgan fingerprint density at radius 2 is 1.39 bits per heavy atom. The molecule has 0 saturated heterocycles. The van der Waals surface area contributed by atoms with E-state index in [9.17, 15) is 19.8 Å². The Bertz CT molecular complexity index is 272. The number of hydrogen-bond donors (Lipinski definition) is 2. The summed E-state index contributed by atoms with van der Waals surface area (Å²) in [6.07, 6.45) is 4.85. The molecule has 1 aliphatic rings. The highest BCUT2D eigenvalue weighted by Crippen LogP contribution is 2.39. The van der Waals surface area contributed by atoms with Crippen molar-refractivity contribution in [1.29, 1.82) is 0 Å². The fourth-order valence-electron chi connectivity index (χ4n) is 3.42. The second kappa shape index (κ2) is 6.76. The Morgan fingerprint density at radius 1 is 1.00 bits per heavy atom. The lowest BCUT2D eigenvalue weighted by Gasteiger charge is -2.35. The minimum Gasteiger partial charge on any atom is -0.481 e. The van der Waals surface area contributed by atoms with E-state index in [1.165, 1.54) is 0 Å². The van der Waals surface area contributed by atoms with Gasteiger partial charge in [-0.3, -0.25) is 9.59 Å². The van der Waals surface area contributed by atoms with Crippen LogP contribution in [-0.2, 0) is 9.59 Å². The van der Waals surface area contributed by atoms with Crippen LogP contribution in [0.15, 0.2) is 0 Å². The van der Waals surface area contributed by atoms with Crippen LogP contribution in [0.5, 0.6) is 0 Å². The van der Waals surface area contributed by atoms with Crippen LogP contribution in [0.3, 0.4) is 0 Å². The molecular weight excluding hydrogens is 232 g/mol. The fraction of sp³-hybridized carbons (Fsp3) is 0.857. The smallest absolute Gasteiger partial charge is 0.306 e. The molecule has 1 rings (SSSR count). The van der Waals surface area contributed by atoms with Crippen LogP contribution in [0.2, 0.25) is 0 Å². The largest absolute Gasteiger partial charge is 0.481 e. The van der Waals surface area contributed by atoms with Crippen LogP contribution in [0.1, 0.15) is 52.4 Å². The summed E-state index contributed by atoms with van der Waals surface area (Å²) in [6, 6.07) is 0. The highest BCUT2D eigenvalue weighted by molar-refractivity contribution is 5.71. The van der Waals surface area contributed by atoms with E-state index in [0.29, 0.717) is 12.8 Å². The molecule has 4 heteroatoms. The molecule has 0 bridgehead atoms. The van der Waals surface area contributed by atoms with Crippen molar-refractivity contribution in [3.05, 3.63) is 0 Å². The fourth-order valence-corrected chi connectivity index (χ4v) is 3.42. The topological polar surface area (TPSA) is 74.6 Å². The highest BCUT2D eigenvalue weighted by atomic mass is 16.4. The molecule has 0 amide bonds. The molecular formula is C14H24O4. The van der Waals surface area contributed by atoms with Crippen LogP contribution < -0.4 is 0 Å². The maximum Gasteiger partial charge on any atom is 0.306 e. The maximum atomic E-state index is 11.2. The Balaban J connectivity index is 2.70. The minimum atomic E-state index is -0.730. The first-order valence-electron chi connectivity index (χ1n) is 6.96. The van der Waals surface area contributed by atoms with Gasteiger partial charge >= 0.3 is 11.9 Å². The van der Waals surface area contributed by atoms with Crippen LogP contribution in [0.4, 0.5) is 0 Å². The number of carboxylic acid groups (broad SMARTS) is 2. The molecule has 2 N–H and O–H groups in total. The Kier molecular flexibility index (Phi) is 5.63. The molecule has 1 fully saturated rings. The zero-order valence-corrected chi connectivity index (χ0v) is 11.3. The lowest BCUT2D eigenvalue weighted by Crippen LogP contribution is -2.33. The van der Waals surface area contributed by atoms with E-state index in [-0.39, 0.29) is 23.7 Å². The van der Waals surface area contributed by atoms with Gasteiger partial charge in [0.05, 0.1) is 11.8 Å². The van der Waals surface area contributed by atoms with Gasteiger partial charge in [-0.1, -0.05) is 20.3 Å². The van der Waals surface area contributed by atoms with Crippen molar-refractivity contribution in [2.75, 3.05) is 0 Å². The molecule has 4 atom stereocenters. The third kappa shape index (κ3) is 3.47. The molecule has 0 heterocycles. The van der Waals surface area contributed by atoms with Crippen LogP contribution in [0, 0.1) is 23.7 Å². The predicted molar refractivity (Wildman–Crippen MR) is 68.3 cm³/mol. The molecule has 18 heavy (non-hydrogen) atoms. The number of aliphatic carboxylic acids is 2. The summed E-state index contributed by atoms with van der Waals surface area (Å²) < 4.78 is 0. The van der Waals surface area contributed by atoms with Gasteiger partial charge in [-0.15, -0.1) is 0 Å². The van der Waals surface area contributed by atoms with Crippen LogP contribution >= 0.6 is 0 Å².